The molecule has 0 spiro atoms. The molecule has 1 N–H and O–H groups in total. The molecule has 0 aliphatic carbocycles. The Morgan fingerprint density at radius 1 is 0.536 bits per heavy atom. The molecule has 2 unspecified atom stereocenters. The lowest BCUT2D eigenvalue weighted by Gasteiger charge is -2.31. The standard InChI is InChI=1S/C48H73NO7/c1-6-8-10-12-14-16-18-20-21-22-23-24-25-27-29-31-33-35-37-39-47(51)56-44(42-54-41-40-45(48(52)53)49(3,4)5)43-55-46(50)38-36-34-32-30-28-26-19-17-15-13-11-9-7-2/h8-25,27,29,44-45H,6-7,26,28,30-43H2,1-5H3/p+1/b10-8+,11-9+,14-12+,15-13+,18-16+,19-17+,21-20+,23-22+,25-24+,29-27+. The fraction of sp³-hybridized carbons (Fsp3) is 0.521. The van der Waals surface area contributed by atoms with Crippen molar-refractivity contribution in [3.8, 4) is 0 Å². The number of hydrogen-bond acceptors (Lipinski definition) is 6. The summed E-state index contributed by atoms with van der Waals surface area (Å²) < 4.78 is 17.2. The monoisotopic (exact) mass is 777 g/mol. The minimum absolute atomic E-state index is 0.0256. The van der Waals surface area contributed by atoms with Crippen molar-refractivity contribution in [2.75, 3.05) is 41.0 Å². The zero-order valence-electron chi connectivity index (χ0n) is 35.3. The van der Waals surface area contributed by atoms with Crippen molar-refractivity contribution in [2.45, 2.75) is 122 Å². The van der Waals surface area contributed by atoms with Crippen LogP contribution in [-0.2, 0) is 28.6 Å². The average Bonchev–Trinajstić information content (AvgIpc) is 3.15. The number of esters is 2. The number of likely N-dealkylation sites (N-methyl/N-ethyl adjacent to an activating group) is 1. The van der Waals surface area contributed by atoms with E-state index in [1.54, 1.807) is 0 Å². The largest absolute Gasteiger partial charge is 0.477 e. The summed E-state index contributed by atoms with van der Waals surface area (Å²) in [6, 6.07) is -0.635. The number of quaternary nitrogens is 1. The Hall–Kier alpha value is -4.27. The third-order valence-electron chi connectivity index (χ3n) is 8.36. The summed E-state index contributed by atoms with van der Waals surface area (Å²) in [5.74, 6) is -1.58. The lowest BCUT2D eigenvalue weighted by atomic mass is 10.1. The molecule has 312 valence electrons. The van der Waals surface area contributed by atoms with Gasteiger partial charge >= 0.3 is 17.9 Å². The van der Waals surface area contributed by atoms with E-state index in [4.69, 9.17) is 14.2 Å². The number of carboxylic acids is 1. The molecule has 0 amide bonds. The summed E-state index contributed by atoms with van der Waals surface area (Å²) in [6.07, 6.45) is 52.4. The molecule has 0 saturated heterocycles. The summed E-state index contributed by atoms with van der Waals surface area (Å²) >= 11 is 0. The summed E-state index contributed by atoms with van der Waals surface area (Å²) in [5, 5.41) is 9.61. The molecule has 0 rings (SSSR count). The molecule has 0 aliphatic heterocycles. The number of carbonyl (C=O) groups excluding carboxylic acids is 2. The van der Waals surface area contributed by atoms with E-state index in [2.05, 4.69) is 50.3 Å². The van der Waals surface area contributed by atoms with Crippen LogP contribution >= 0.6 is 0 Å². The molecule has 0 aromatic rings. The highest BCUT2D eigenvalue weighted by Gasteiger charge is 2.31. The van der Waals surface area contributed by atoms with E-state index >= 15 is 0 Å². The van der Waals surface area contributed by atoms with Crippen LogP contribution in [0.2, 0.25) is 0 Å². The highest BCUT2D eigenvalue weighted by molar-refractivity contribution is 5.72. The molecule has 0 aromatic carbocycles. The maximum atomic E-state index is 12.7. The highest BCUT2D eigenvalue weighted by Crippen LogP contribution is 2.12. The SMILES string of the molecule is CC/C=C/C=C/C=C/C=C/C=C/C=C/C=C/CCCCCC(=O)OC(COCCC(C(=O)O)[N+](C)(C)C)COC(=O)CCCCCCC/C=C/C=C/C=C/CC. The lowest BCUT2D eigenvalue weighted by Crippen LogP contribution is -2.50. The Kier molecular flexibility index (Phi) is 34.8. The second kappa shape index (κ2) is 37.6. The Morgan fingerprint density at radius 2 is 0.946 bits per heavy atom. The smallest absolute Gasteiger partial charge is 0.362 e. The first-order chi connectivity index (χ1) is 27.1. The third-order valence-corrected chi connectivity index (χ3v) is 8.36. The fourth-order valence-corrected chi connectivity index (χ4v) is 5.19. The molecule has 0 saturated carbocycles. The number of aliphatic carboxylic acids is 1. The average molecular weight is 777 g/mol. The van der Waals surface area contributed by atoms with Crippen LogP contribution in [0.5, 0.6) is 0 Å². The van der Waals surface area contributed by atoms with Crippen molar-refractivity contribution >= 4 is 17.9 Å². The van der Waals surface area contributed by atoms with E-state index in [9.17, 15) is 19.5 Å². The number of allylic oxidation sites excluding steroid dienone is 20. The van der Waals surface area contributed by atoms with Gasteiger partial charge in [0.2, 0.25) is 0 Å². The van der Waals surface area contributed by atoms with Crippen LogP contribution in [0.15, 0.2) is 122 Å². The molecule has 0 fully saturated rings. The first kappa shape index (κ1) is 51.7. The van der Waals surface area contributed by atoms with Gasteiger partial charge in [0.1, 0.15) is 6.61 Å². The van der Waals surface area contributed by atoms with Gasteiger partial charge in [0, 0.05) is 19.3 Å². The molecule has 0 aromatic heterocycles. The molecule has 2 atom stereocenters. The van der Waals surface area contributed by atoms with Gasteiger partial charge in [-0.15, -0.1) is 0 Å². The van der Waals surface area contributed by atoms with Gasteiger partial charge in [-0.1, -0.05) is 161 Å². The van der Waals surface area contributed by atoms with Gasteiger partial charge in [0.15, 0.2) is 12.1 Å². The highest BCUT2D eigenvalue weighted by atomic mass is 16.6. The van der Waals surface area contributed by atoms with E-state index in [0.717, 1.165) is 70.6 Å². The van der Waals surface area contributed by atoms with Crippen molar-refractivity contribution in [3.05, 3.63) is 122 Å². The van der Waals surface area contributed by atoms with Crippen LogP contribution in [0.3, 0.4) is 0 Å². The maximum Gasteiger partial charge on any atom is 0.362 e. The normalized spacial score (nSPS) is 14.2. The van der Waals surface area contributed by atoms with Crippen LogP contribution in [0.25, 0.3) is 0 Å². The molecule has 8 heteroatoms. The van der Waals surface area contributed by atoms with Crippen LogP contribution in [-0.4, -0.2) is 80.6 Å². The Bertz CT molecular complexity index is 1320. The summed E-state index contributed by atoms with van der Waals surface area (Å²) in [5.41, 5.74) is 0. The fourth-order valence-electron chi connectivity index (χ4n) is 5.19. The zero-order chi connectivity index (χ0) is 41.4. The lowest BCUT2D eigenvalue weighted by molar-refractivity contribution is -0.887. The predicted octanol–water partition coefficient (Wildman–Crippen LogP) is 11.1. The number of rotatable bonds is 34. The second-order valence-corrected chi connectivity index (χ2v) is 14.4. The molecule has 56 heavy (non-hydrogen) atoms. The zero-order valence-corrected chi connectivity index (χ0v) is 35.3. The molecule has 0 radical (unpaired) electrons. The van der Waals surface area contributed by atoms with Gasteiger partial charge in [-0.2, -0.15) is 0 Å². The number of nitrogens with zero attached hydrogens (tertiary/aromatic N) is 1. The minimum atomic E-state index is -0.894. The van der Waals surface area contributed by atoms with Gasteiger partial charge in [0.25, 0.3) is 0 Å². The second-order valence-electron chi connectivity index (χ2n) is 14.4. The van der Waals surface area contributed by atoms with Crippen molar-refractivity contribution in [1.82, 2.24) is 0 Å². The topological polar surface area (TPSA) is 99.1 Å². The van der Waals surface area contributed by atoms with Gasteiger partial charge < -0.3 is 23.8 Å². The van der Waals surface area contributed by atoms with Crippen molar-refractivity contribution in [3.63, 3.8) is 0 Å². The number of carboxylic acid groups (broad SMARTS) is 1. The number of ether oxygens (including phenoxy) is 3. The number of unbranched alkanes of at least 4 members (excludes halogenated alkanes) is 8. The van der Waals surface area contributed by atoms with Crippen LogP contribution in [0, 0.1) is 0 Å². The molecule has 8 nitrogen and oxygen atoms in total. The quantitative estimate of drug-likeness (QED) is 0.0301. The van der Waals surface area contributed by atoms with Crippen LogP contribution < -0.4 is 0 Å². The van der Waals surface area contributed by atoms with E-state index in [1.807, 2.05) is 106 Å². The van der Waals surface area contributed by atoms with Crippen LogP contribution in [0.1, 0.15) is 110 Å². The first-order valence-corrected chi connectivity index (χ1v) is 20.7. The van der Waals surface area contributed by atoms with E-state index in [0.29, 0.717) is 19.3 Å². The Balaban J connectivity index is 4.56. The van der Waals surface area contributed by atoms with Gasteiger partial charge in [-0.05, 0) is 51.4 Å². The minimum Gasteiger partial charge on any atom is -0.477 e. The van der Waals surface area contributed by atoms with Gasteiger partial charge in [-0.25, -0.2) is 4.79 Å². The van der Waals surface area contributed by atoms with Crippen LogP contribution in [0.4, 0.5) is 0 Å². The van der Waals surface area contributed by atoms with Crippen molar-refractivity contribution < 1.29 is 38.2 Å². The summed E-state index contributed by atoms with van der Waals surface area (Å²) in [7, 11) is 5.48. The van der Waals surface area contributed by atoms with E-state index in [-0.39, 0.29) is 42.7 Å². The van der Waals surface area contributed by atoms with Gasteiger partial charge in [-0.3, -0.25) is 9.59 Å². The summed E-state index contributed by atoms with van der Waals surface area (Å²) in [4.78, 5) is 36.9. The summed E-state index contributed by atoms with van der Waals surface area (Å²) in [6.45, 7) is 4.34. The van der Waals surface area contributed by atoms with Crippen molar-refractivity contribution in [1.29, 1.82) is 0 Å². The number of hydrogen-bond donors (Lipinski definition) is 1. The molecule has 0 aliphatic rings. The Morgan fingerprint density at radius 3 is 1.41 bits per heavy atom. The van der Waals surface area contributed by atoms with Crippen molar-refractivity contribution in [2.24, 2.45) is 0 Å². The van der Waals surface area contributed by atoms with E-state index in [1.165, 1.54) is 0 Å². The van der Waals surface area contributed by atoms with Gasteiger partial charge in [0.05, 0.1) is 34.4 Å². The predicted molar refractivity (Wildman–Crippen MR) is 233 cm³/mol. The molecule has 0 bridgehead atoms. The third kappa shape index (κ3) is 35.4. The van der Waals surface area contributed by atoms with E-state index < -0.39 is 18.1 Å². The maximum absolute atomic E-state index is 12.7. The first-order valence-electron chi connectivity index (χ1n) is 20.7. The Labute approximate surface area is 340 Å². The molecule has 0 heterocycles. The number of carbonyl (C=O) groups is 3. The molecular formula is C48H74NO7+. The molecular weight excluding hydrogens is 703 g/mol.